The summed E-state index contributed by atoms with van der Waals surface area (Å²) in [4.78, 5) is 13.5. The summed E-state index contributed by atoms with van der Waals surface area (Å²) in [5.41, 5.74) is 6.38. The molecular formula is C18H26N2O2. The molecule has 0 aromatic heterocycles. The third kappa shape index (κ3) is 3.43. The van der Waals surface area contributed by atoms with Crippen LogP contribution < -0.4 is 10.5 Å². The number of carbonyl (C=O) groups excluding carboxylic acids is 1. The van der Waals surface area contributed by atoms with Gasteiger partial charge in [0, 0.05) is 18.6 Å². The van der Waals surface area contributed by atoms with Gasteiger partial charge in [-0.25, -0.2) is 0 Å². The normalized spacial score (nSPS) is 28.3. The second-order valence-corrected chi connectivity index (χ2v) is 6.77. The molecule has 0 unspecified atom stereocenters. The second kappa shape index (κ2) is 6.69. The van der Waals surface area contributed by atoms with Crippen LogP contribution in [0.2, 0.25) is 0 Å². The topological polar surface area (TPSA) is 55.6 Å². The monoisotopic (exact) mass is 302 g/mol. The van der Waals surface area contributed by atoms with Gasteiger partial charge in [0.25, 0.3) is 5.91 Å². The summed E-state index contributed by atoms with van der Waals surface area (Å²) >= 11 is 0. The fourth-order valence-corrected chi connectivity index (χ4v) is 4.17. The van der Waals surface area contributed by atoms with E-state index in [9.17, 15) is 4.79 Å². The smallest absolute Gasteiger partial charge is 0.255 e. The Bertz CT molecular complexity index is 532. The maximum Gasteiger partial charge on any atom is 0.255 e. The molecule has 1 saturated heterocycles. The zero-order valence-corrected chi connectivity index (χ0v) is 13.3. The Kier molecular flexibility index (Phi) is 4.67. The molecule has 1 aliphatic heterocycles. The molecule has 120 valence electrons. The van der Waals surface area contributed by atoms with Crippen molar-refractivity contribution in [3.63, 3.8) is 0 Å². The lowest BCUT2D eigenvalue weighted by Crippen LogP contribution is -2.37. The molecule has 0 radical (unpaired) electrons. The van der Waals surface area contributed by atoms with E-state index in [-0.39, 0.29) is 6.61 Å². The number of fused-ring (bicyclic) bond motifs is 1. The summed E-state index contributed by atoms with van der Waals surface area (Å²) in [5.74, 6) is 1.17. The number of ether oxygens (including phenoxy) is 1. The predicted octanol–water partition coefficient (Wildman–Crippen LogP) is 2.70. The number of hydrogen-bond donors (Lipinski definition) is 1. The maximum atomic E-state index is 10.8. The van der Waals surface area contributed by atoms with Crippen LogP contribution in [0.1, 0.15) is 44.6 Å². The number of nitrogens with two attached hydrogens (primary N) is 1. The largest absolute Gasteiger partial charge is 0.484 e. The highest BCUT2D eigenvalue weighted by molar-refractivity contribution is 5.75. The molecular weight excluding hydrogens is 276 g/mol. The Labute approximate surface area is 132 Å². The van der Waals surface area contributed by atoms with Crippen molar-refractivity contribution in [2.24, 2.45) is 11.7 Å². The number of primary amides is 1. The van der Waals surface area contributed by atoms with E-state index in [1.54, 1.807) is 0 Å². The highest BCUT2D eigenvalue weighted by Gasteiger charge is 2.39. The molecule has 1 saturated carbocycles. The molecule has 1 heterocycles. The van der Waals surface area contributed by atoms with Crippen molar-refractivity contribution in [3.8, 4) is 5.75 Å². The van der Waals surface area contributed by atoms with Crippen LogP contribution in [0.5, 0.6) is 5.75 Å². The number of rotatable bonds is 5. The molecule has 1 aliphatic carbocycles. The zero-order chi connectivity index (χ0) is 15.5. The molecule has 1 amide bonds. The van der Waals surface area contributed by atoms with E-state index in [0.29, 0.717) is 6.04 Å². The number of nitrogens with zero attached hydrogens (tertiary/aromatic N) is 1. The van der Waals surface area contributed by atoms with Gasteiger partial charge in [-0.2, -0.15) is 0 Å². The molecule has 2 aliphatic rings. The Morgan fingerprint density at radius 3 is 3.00 bits per heavy atom. The standard InChI is InChI=1S/C18H26N2O2/c1-13-9-15-6-2-3-8-17(15)20(13)11-14-5-4-7-16(10-14)22-12-18(19)21/h4-5,7,10,13,15,17H,2-3,6,8-9,11-12H2,1H3,(H2,19,21)/t13-,15+,17-/m1/s1. The Balaban J connectivity index is 1.67. The van der Waals surface area contributed by atoms with Gasteiger partial charge in [-0.1, -0.05) is 25.0 Å². The van der Waals surface area contributed by atoms with Crippen LogP contribution in [0.25, 0.3) is 0 Å². The maximum absolute atomic E-state index is 10.8. The first kappa shape index (κ1) is 15.3. The SMILES string of the molecule is C[C@@H]1C[C@@H]2CCCC[C@H]2N1Cc1cccc(OCC(N)=O)c1. The molecule has 22 heavy (non-hydrogen) atoms. The van der Waals surface area contributed by atoms with Crippen LogP contribution in [0.4, 0.5) is 0 Å². The van der Waals surface area contributed by atoms with Gasteiger partial charge < -0.3 is 10.5 Å². The fourth-order valence-electron chi connectivity index (χ4n) is 4.17. The molecule has 0 spiro atoms. The number of likely N-dealkylation sites (tertiary alicyclic amines) is 1. The van der Waals surface area contributed by atoms with E-state index < -0.39 is 5.91 Å². The van der Waals surface area contributed by atoms with Gasteiger partial charge in [-0.15, -0.1) is 0 Å². The summed E-state index contributed by atoms with van der Waals surface area (Å²) in [6.45, 7) is 3.26. The number of hydrogen-bond acceptors (Lipinski definition) is 3. The van der Waals surface area contributed by atoms with Crippen LogP contribution in [0, 0.1) is 5.92 Å². The first-order valence-electron chi connectivity index (χ1n) is 8.39. The lowest BCUT2D eigenvalue weighted by molar-refractivity contribution is -0.119. The van der Waals surface area contributed by atoms with E-state index in [2.05, 4.69) is 17.9 Å². The molecule has 0 bridgehead atoms. The van der Waals surface area contributed by atoms with Gasteiger partial charge in [0.15, 0.2) is 6.61 Å². The van der Waals surface area contributed by atoms with E-state index in [4.69, 9.17) is 10.5 Å². The minimum atomic E-state index is -0.441. The van der Waals surface area contributed by atoms with Gasteiger partial charge >= 0.3 is 0 Å². The minimum absolute atomic E-state index is 0.0612. The van der Waals surface area contributed by atoms with Gasteiger partial charge in [0.2, 0.25) is 0 Å². The van der Waals surface area contributed by atoms with E-state index in [1.807, 2.05) is 18.2 Å². The molecule has 1 aromatic rings. The van der Waals surface area contributed by atoms with E-state index in [0.717, 1.165) is 24.3 Å². The molecule has 3 rings (SSSR count). The highest BCUT2D eigenvalue weighted by atomic mass is 16.5. The lowest BCUT2D eigenvalue weighted by Gasteiger charge is -2.33. The highest BCUT2D eigenvalue weighted by Crippen LogP contribution is 2.40. The van der Waals surface area contributed by atoms with Crippen molar-refractivity contribution in [1.82, 2.24) is 4.90 Å². The minimum Gasteiger partial charge on any atom is -0.484 e. The van der Waals surface area contributed by atoms with Crippen LogP contribution in [-0.4, -0.2) is 29.5 Å². The van der Waals surface area contributed by atoms with Crippen molar-refractivity contribution in [2.75, 3.05) is 6.61 Å². The van der Waals surface area contributed by atoms with E-state index >= 15 is 0 Å². The molecule has 4 nitrogen and oxygen atoms in total. The Hall–Kier alpha value is -1.55. The van der Waals surface area contributed by atoms with Crippen molar-refractivity contribution >= 4 is 5.91 Å². The molecule has 4 heteroatoms. The average molecular weight is 302 g/mol. The Morgan fingerprint density at radius 1 is 1.36 bits per heavy atom. The summed E-state index contributed by atoms with van der Waals surface area (Å²) in [7, 11) is 0. The molecule has 3 atom stereocenters. The van der Waals surface area contributed by atoms with Crippen LogP contribution in [0.15, 0.2) is 24.3 Å². The number of benzene rings is 1. The van der Waals surface area contributed by atoms with Crippen LogP contribution in [0.3, 0.4) is 0 Å². The van der Waals surface area contributed by atoms with Gasteiger partial charge in [0.1, 0.15) is 5.75 Å². The molecule has 1 aromatic carbocycles. The third-order valence-electron chi connectivity index (χ3n) is 5.15. The first-order valence-corrected chi connectivity index (χ1v) is 8.39. The summed E-state index contributed by atoms with van der Waals surface area (Å²) in [5, 5.41) is 0. The summed E-state index contributed by atoms with van der Waals surface area (Å²) in [6.07, 6.45) is 6.84. The second-order valence-electron chi connectivity index (χ2n) is 6.77. The summed E-state index contributed by atoms with van der Waals surface area (Å²) in [6, 6.07) is 9.45. The first-order chi connectivity index (χ1) is 10.6. The van der Waals surface area contributed by atoms with Gasteiger partial charge in [-0.3, -0.25) is 9.69 Å². The summed E-state index contributed by atoms with van der Waals surface area (Å²) < 4.78 is 5.41. The lowest BCUT2D eigenvalue weighted by atomic mass is 9.85. The third-order valence-corrected chi connectivity index (χ3v) is 5.15. The van der Waals surface area contributed by atoms with Crippen molar-refractivity contribution in [1.29, 1.82) is 0 Å². The zero-order valence-electron chi connectivity index (χ0n) is 13.3. The van der Waals surface area contributed by atoms with Gasteiger partial charge in [0.05, 0.1) is 0 Å². The molecule has 2 fully saturated rings. The van der Waals surface area contributed by atoms with Crippen molar-refractivity contribution < 1.29 is 9.53 Å². The van der Waals surface area contributed by atoms with Crippen molar-refractivity contribution in [2.45, 2.75) is 57.7 Å². The van der Waals surface area contributed by atoms with Crippen molar-refractivity contribution in [3.05, 3.63) is 29.8 Å². The predicted molar refractivity (Wildman–Crippen MR) is 86.5 cm³/mol. The van der Waals surface area contributed by atoms with Crippen LogP contribution in [-0.2, 0) is 11.3 Å². The van der Waals surface area contributed by atoms with Crippen LogP contribution >= 0.6 is 0 Å². The quantitative estimate of drug-likeness (QED) is 0.910. The average Bonchev–Trinajstić information content (AvgIpc) is 2.82. The molecule has 2 N–H and O–H groups in total. The van der Waals surface area contributed by atoms with E-state index in [1.165, 1.54) is 37.7 Å². The number of carbonyl (C=O) groups is 1. The van der Waals surface area contributed by atoms with Gasteiger partial charge in [-0.05, 0) is 49.8 Å². The fraction of sp³-hybridized carbons (Fsp3) is 0.611. The number of amides is 1. The Morgan fingerprint density at radius 2 is 2.18 bits per heavy atom.